The number of aliphatic hydroxyl groups is 1. The smallest absolute Gasteiger partial charge is 0.251 e. The van der Waals surface area contributed by atoms with Crippen LogP contribution in [0.3, 0.4) is 0 Å². The van der Waals surface area contributed by atoms with Gasteiger partial charge in [0.1, 0.15) is 0 Å². The molecular weight excluding hydrogens is 250 g/mol. The third kappa shape index (κ3) is 9.30. The monoisotopic (exact) mass is 280 g/mol. The molecule has 0 saturated heterocycles. The SMILES string of the molecule is CCC(C)(CNC(C)(C)C)CN(CCO)CC(F)F. The minimum atomic E-state index is -2.36. The van der Waals surface area contributed by atoms with E-state index in [2.05, 4.69) is 39.9 Å². The van der Waals surface area contributed by atoms with Crippen LogP contribution >= 0.6 is 0 Å². The number of hydrogen-bond donors (Lipinski definition) is 2. The lowest BCUT2D eigenvalue weighted by Gasteiger charge is -2.37. The number of hydrogen-bond acceptors (Lipinski definition) is 3. The van der Waals surface area contributed by atoms with Crippen molar-refractivity contribution in [1.29, 1.82) is 0 Å². The van der Waals surface area contributed by atoms with Crippen LogP contribution in [-0.2, 0) is 0 Å². The molecule has 0 saturated carbocycles. The number of alkyl halides is 2. The lowest BCUT2D eigenvalue weighted by atomic mass is 9.85. The number of nitrogens with one attached hydrogen (secondary N) is 1. The Hall–Kier alpha value is -0.260. The summed E-state index contributed by atoms with van der Waals surface area (Å²) in [5.74, 6) is 0. The van der Waals surface area contributed by atoms with Crippen molar-refractivity contribution in [2.75, 3.05) is 32.8 Å². The van der Waals surface area contributed by atoms with Crippen molar-refractivity contribution in [1.82, 2.24) is 10.2 Å². The molecular formula is C14H30F2N2O. The van der Waals surface area contributed by atoms with Crippen LogP contribution in [0.1, 0.15) is 41.0 Å². The van der Waals surface area contributed by atoms with E-state index in [1.807, 2.05) is 0 Å². The van der Waals surface area contributed by atoms with Crippen LogP contribution in [0.4, 0.5) is 8.78 Å². The second-order valence-corrected chi connectivity index (χ2v) is 6.62. The Labute approximate surface area is 116 Å². The van der Waals surface area contributed by atoms with Crippen LogP contribution in [-0.4, -0.2) is 54.8 Å². The summed E-state index contributed by atoms with van der Waals surface area (Å²) in [4.78, 5) is 1.65. The number of halogens is 2. The zero-order valence-electron chi connectivity index (χ0n) is 13.0. The first-order valence-corrected chi connectivity index (χ1v) is 6.98. The quantitative estimate of drug-likeness (QED) is 0.680. The summed E-state index contributed by atoms with van der Waals surface area (Å²) in [5.41, 5.74) is -0.0572. The van der Waals surface area contributed by atoms with E-state index in [1.165, 1.54) is 0 Å². The molecule has 5 heteroatoms. The lowest BCUT2D eigenvalue weighted by molar-refractivity contribution is 0.0516. The van der Waals surface area contributed by atoms with Crippen LogP contribution in [0.2, 0.25) is 0 Å². The molecule has 0 amide bonds. The maximum atomic E-state index is 12.5. The summed E-state index contributed by atoms with van der Waals surface area (Å²) in [7, 11) is 0. The molecule has 0 bridgehead atoms. The summed E-state index contributed by atoms with van der Waals surface area (Å²) in [5, 5.41) is 12.4. The van der Waals surface area contributed by atoms with Gasteiger partial charge >= 0.3 is 0 Å². The van der Waals surface area contributed by atoms with Gasteiger partial charge in [-0.25, -0.2) is 8.78 Å². The van der Waals surface area contributed by atoms with Gasteiger partial charge in [-0.15, -0.1) is 0 Å². The van der Waals surface area contributed by atoms with Crippen molar-refractivity contribution >= 4 is 0 Å². The molecule has 19 heavy (non-hydrogen) atoms. The van der Waals surface area contributed by atoms with Crippen molar-refractivity contribution in [2.45, 2.75) is 53.0 Å². The van der Waals surface area contributed by atoms with E-state index < -0.39 is 6.43 Å². The third-order valence-electron chi connectivity index (χ3n) is 3.32. The second-order valence-electron chi connectivity index (χ2n) is 6.62. The Kier molecular flexibility index (Phi) is 8.01. The van der Waals surface area contributed by atoms with Gasteiger partial charge in [0.15, 0.2) is 0 Å². The van der Waals surface area contributed by atoms with E-state index in [0.717, 1.165) is 13.0 Å². The molecule has 0 aliphatic heterocycles. The van der Waals surface area contributed by atoms with Crippen molar-refractivity contribution < 1.29 is 13.9 Å². The maximum Gasteiger partial charge on any atom is 0.251 e. The minimum Gasteiger partial charge on any atom is -0.395 e. The van der Waals surface area contributed by atoms with Gasteiger partial charge < -0.3 is 10.4 Å². The normalized spacial score (nSPS) is 16.1. The molecule has 0 fully saturated rings. The highest BCUT2D eigenvalue weighted by molar-refractivity contribution is 4.83. The first-order valence-electron chi connectivity index (χ1n) is 6.98. The fraction of sp³-hybridized carbons (Fsp3) is 1.00. The highest BCUT2D eigenvalue weighted by Gasteiger charge is 2.27. The van der Waals surface area contributed by atoms with E-state index in [1.54, 1.807) is 4.90 Å². The van der Waals surface area contributed by atoms with Gasteiger partial charge in [0.2, 0.25) is 0 Å². The summed E-state index contributed by atoms with van der Waals surface area (Å²) in [6.07, 6.45) is -1.45. The molecule has 0 aliphatic carbocycles. The van der Waals surface area contributed by atoms with Gasteiger partial charge in [0.25, 0.3) is 6.43 Å². The summed E-state index contributed by atoms with van der Waals surface area (Å²) < 4.78 is 25.0. The van der Waals surface area contributed by atoms with Crippen LogP contribution in [0.15, 0.2) is 0 Å². The van der Waals surface area contributed by atoms with Gasteiger partial charge in [0, 0.05) is 25.2 Å². The van der Waals surface area contributed by atoms with Crippen LogP contribution in [0.5, 0.6) is 0 Å². The van der Waals surface area contributed by atoms with Crippen molar-refractivity contribution in [3.63, 3.8) is 0 Å². The lowest BCUT2D eigenvalue weighted by Crippen LogP contribution is -2.48. The number of rotatable bonds is 9. The number of nitrogens with zero attached hydrogens (tertiary/aromatic N) is 1. The third-order valence-corrected chi connectivity index (χ3v) is 3.32. The van der Waals surface area contributed by atoms with E-state index in [9.17, 15) is 8.78 Å². The average Bonchev–Trinajstić information content (AvgIpc) is 2.25. The fourth-order valence-electron chi connectivity index (χ4n) is 1.88. The Morgan fingerprint density at radius 3 is 2.16 bits per heavy atom. The van der Waals surface area contributed by atoms with E-state index >= 15 is 0 Å². The molecule has 0 aromatic carbocycles. The Bertz CT molecular complexity index is 244. The van der Waals surface area contributed by atoms with Crippen LogP contribution in [0, 0.1) is 5.41 Å². The molecule has 1 unspecified atom stereocenters. The summed E-state index contributed by atoms with van der Waals surface area (Å²) in [6, 6.07) is 0. The predicted molar refractivity (Wildman–Crippen MR) is 75.7 cm³/mol. The molecule has 1 atom stereocenters. The zero-order chi connectivity index (χ0) is 15.1. The minimum absolute atomic E-state index is 0.0148. The Balaban J connectivity index is 4.53. The molecule has 116 valence electrons. The molecule has 0 aromatic rings. The molecule has 0 heterocycles. The second kappa shape index (κ2) is 8.12. The molecule has 0 radical (unpaired) electrons. The summed E-state index contributed by atoms with van der Waals surface area (Å²) >= 11 is 0. The Morgan fingerprint density at radius 1 is 1.21 bits per heavy atom. The molecule has 0 aliphatic rings. The van der Waals surface area contributed by atoms with Crippen molar-refractivity contribution in [3.8, 4) is 0 Å². The molecule has 3 nitrogen and oxygen atoms in total. The van der Waals surface area contributed by atoms with Gasteiger partial charge in [-0.2, -0.15) is 0 Å². The maximum absolute atomic E-state index is 12.5. The van der Waals surface area contributed by atoms with Crippen LogP contribution in [0.25, 0.3) is 0 Å². The first kappa shape index (κ1) is 18.7. The van der Waals surface area contributed by atoms with Crippen molar-refractivity contribution in [3.05, 3.63) is 0 Å². The topological polar surface area (TPSA) is 35.5 Å². The van der Waals surface area contributed by atoms with E-state index in [0.29, 0.717) is 13.1 Å². The highest BCUT2D eigenvalue weighted by atomic mass is 19.3. The molecule has 0 spiro atoms. The number of aliphatic hydroxyl groups excluding tert-OH is 1. The largest absolute Gasteiger partial charge is 0.395 e. The highest BCUT2D eigenvalue weighted by Crippen LogP contribution is 2.23. The molecule has 0 rings (SSSR count). The Morgan fingerprint density at radius 2 is 1.79 bits per heavy atom. The van der Waals surface area contributed by atoms with E-state index in [4.69, 9.17) is 5.11 Å². The molecule has 0 aromatic heterocycles. The van der Waals surface area contributed by atoms with Gasteiger partial charge in [-0.1, -0.05) is 13.8 Å². The van der Waals surface area contributed by atoms with Crippen molar-refractivity contribution in [2.24, 2.45) is 5.41 Å². The van der Waals surface area contributed by atoms with Crippen LogP contribution < -0.4 is 5.32 Å². The zero-order valence-corrected chi connectivity index (χ0v) is 13.0. The first-order chi connectivity index (χ1) is 8.62. The van der Waals surface area contributed by atoms with Gasteiger partial charge in [0.05, 0.1) is 13.2 Å². The average molecular weight is 280 g/mol. The van der Waals surface area contributed by atoms with Gasteiger partial charge in [-0.05, 0) is 32.6 Å². The molecule has 2 N–H and O–H groups in total. The van der Waals surface area contributed by atoms with Gasteiger partial charge in [-0.3, -0.25) is 4.90 Å². The standard InChI is InChI=1S/C14H30F2N2O/c1-6-14(5,10-17-13(2,3)4)11-18(7-8-19)9-12(15)16/h12,17,19H,6-11H2,1-5H3. The fourth-order valence-corrected chi connectivity index (χ4v) is 1.88. The summed E-state index contributed by atoms with van der Waals surface area (Å²) in [6.45, 7) is 11.7. The predicted octanol–water partition coefficient (Wildman–Crippen LogP) is 2.35. The van der Waals surface area contributed by atoms with E-state index in [-0.39, 0.29) is 24.1 Å².